The lowest BCUT2D eigenvalue weighted by molar-refractivity contribution is 0.973. The average molecular weight is 359 g/mol. The Kier molecular flexibility index (Phi) is 6.23. The number of nitrogens with zero attached hydrogens (tertiary/aromatic N) is 2. The van der Waals surface area contributed by atoms with Gasteiger partial charge in [0.1, 0.15) is 0 Å². The van der Waals surface area contributed by atoms with Crippen molar-refractivity contribution in [1.82, 2.24) is 15.3 Å². The Hall–Kier alpha value is -2.85. The van der Waals surface area contributed by atoms with Gasteiger partial charge in [0.25, 0.3) is 0 Å². The van der Waals surface area contributed by atoms with Crippen LogP contribution in [-0.4, -0.2) is 16.5 Å². The van der Waals surface area contributed by atoms with Crippen molar-refractivity contribution in [3.8, 4) is 0 Å². The summed E-state index contributed by atoms with van der Waals surface area (Å²) in [6.45, 7) is 6.72. The quantitative estimate of drug-likeness (QED) is 0.713. The molecule has 1 aliphatic heterocycles. The van der Waals surface area contributed by atoms with E-state index in [1.807, 2.05) is 62.0 Å². The van der Waals surface area contributed by atoms with Crippen molar-refractivity contribution >= 4 is 22.9 Å². The second-order valence-electron chi connectivity index (χ2n) is 5.62. The van der Waals surface area contributed by atoms with Gasteiger partial charge in [0.2, 0.25) is 0 Å². The molecule has 0 aliphatic carbocycles. The van der Waals surface area contributed by atoms with Crippen molar-refractivity contribution in [2.75, 3.05) is 6.54 Å². The number of nitrogens with one attached hydrogen (secondary N) is 1. The van der Waals surface area contributed by atoms with Crippen LogP contribution in [0.15, 0.2) is 95.7 Å². The minimum absolute atomic E-state index is 0.873. The topological polar surface area (TPSA) is 37.8 Å². The van der Waals surface area contributed by atoms with Crippen LogP contribution in [0.5, 0.6) is 0 Å². The molecular formula is C22H21N3S. The molecule has 0 spiro atoms. The summed E-state index contributed by atoms with van der Waals surface area (Å²) >= 11 is 1.65. The Morgan fingerprint density at radius 3 is 2.54 bits per heavy atom. The highest BCUT2D eigenvalue weighted by Gasteiger charge is 2.05. The van der Waals surface area contributed by atoms with Crippen LogP contribution in [0.25, 0.3) is 11.1 Å². The van der Waals surface area contributed by atoms with E-state index in [2.05, 4.69) is 46.1 Å². The first kappa shape index (κ1) is 18.0. The molecule has 0 radical (unpaired) electrons. The van der Waals surface area contributed by atoms with E-state index in [0.717, 1.165) is 38.9 Å². The molecule has 0 bridgehead atoms. The third kappa shape index (κ3) is 4.61. The molecule has 4 heteroatoms. The summed E-state index contributed by atoms with van der Waals surface area (Å²) in [6.07, 6.45) is 17.8. The van der Waals surface area contributed by atoms with Gasteiger partial charge in [-0.15, -0.1) is 0 Å². The fraction of sp³-hybridized carbons (Fsp3) is 0.0909. The van der Waals surface area contributed by atoms with Crippen molar-refractivity contribution in [1.29, 1.82) is 0 Å². The molecule has 26 heavy (non-hydrogen) atoms. The minimum atomic E-state index is 0.873. The zero-order valence-corrected chi connectivity index (χ0v) is 15.5. The predicted octanol–water partition coefficient (Wildman–Crippen LogP) is 5.27. The molecule has 0 fully saturated rings. The fourth-order valence-corrected chi connectivity index (χ4v) is 3.20. The second-order valence-corrected chi connectivity index (χ2v) is 6.77. The summed E-state index contributed by atoms with van der Waals surface area (Å²) in [4.78, 5) is 11.3. The van der Waals surface area contributed by atoms with E-state index < -0.39 is 0 Å². The molecule has 130 valence electrons. The van der Waals surface area contributed by atoms with E-state index >= 15 is 0 Å². The van der Waals surface area contributed by atoms with E-state index in [1.165, 1.54) is 0 Å². The Labute approximate surface area is 159 Å². The number of rotatable bonds is 6. The third-order valence-electron chi connectivity index (χ3n) is 3.78. The lowest BCUT2D eigenvalue weighted by atomic mass is 10.1. The van der Waals surface area contributed by atoms with Crippen molar-refractivity contribution in [3.05, 3.63) is 97.3 Å². The number of hydrogen-bond donors (Lipinski definition) is 1. The normalized spacial score (nSPS) is 14.2. The molecule has 1 N–H and O–H groups in total. The molecule has 0 amide bonds. The predicted molar refractivity (Wildman–Crippen MR) is 111 cm³/mol. The zero-order chi connectivity index (χ0) is 18.2. The first-order valence-corrected chi connectivity index (χ1v) is 9.28. The van der Waals surface area contributed by atoms with Crippen LogP contribution in [0.2, 0.25) is 0 Å². The maximum Gasteiger partial charge on any atom is 0.0717 e. The largest absolute Gasteiger partial charge is 0.387 e. The number of aromatic nitrogens is 2. The molecule has 3 nitrogen and oxygen atoms in total. The van der Waals surface area contributed by atoms with Gasteiger partial charge >= 0.3 is 0 Å². The van der Waals surface area contributed by atoms with Gasteiger partial charge in [-0.3, -0.25) is 9.97 Å². The fourth-order valence-electron chi connectivity index (χ4n) is 2.45. The number of allylic oxidation sites excluding steroid dienone is 7. The maximum atomic E-state index is 4.56. The first-order valence-electron chi connectivity index (χ1n) is 8.46. The van der Waals surface area contributed by atoms with Gasteiger partial charge in [-0.05, 0) is 36.8 Å². The van der Waals surface area contributed by atoms with E-state index in [4.69, 9.17) is 0 Å². The summed E-state index contributed by atoms with van der Waals surface area (Å²) < 4.78 is 0. The molecule has 3 rings (SSSR count). The lowest BCUT2D eigenvalue weighted by Crippen LogP contribution is -2.09. The van der Waals surface area contributed by atoms with Gasteiger partial charge < -0.3 is 5.32 Å². The second kappa shape index (κ2) is 9.02. The number of hydrogen-bond acceptors (Lipinski definition) is 4. The third-order valence-corrected chi connectivity index (χ3v) is 4.73. The van der Waals surface area contributed by atoms with Crippen LogP contribution in [0.4, 0.5) is 0 Å². The van der Waals surface area contributed by atoms with E-state index in [9.17, 15) is 0 Å². The highest BCUT2D eigenvalue weighted by atomic mass is 32.2. The van der Waals surface area contributed by atoms with Crippen LogP contribution < -0.4 is 5.32 Å². The molecule has 0 atom stereocenters. The van der Waals surface area contributed by atoms with Gasteiger partial charge in [-0.2, -0.15) is 0 Å². The summed E-state index contributed by atoms with van der Waals surface area (Å²) in [5, 5.41) is 3.20. The molecule has 1 aliphatic rings. The van der Waals surface area contributed by atoms with Crippen molar-refractivity contribution in [2.24, 2.45) is 0 Å². The van der Waals surface area contributed by atoms with Crippen LogP contribution in [0.3, 0.4) is 0 Å². The Morgan fingerprint density at radius 1 is 1.15 bits per heavy atom. The summed E-state index contributed by atoms with van der Waals surface area (Å²) in [7, 11) is 0. The zero-order valence-electron chi connectivity index (χ0n) is 14.7. The lowest BCUT2D eigenvalue weighted by Gasteiger charge is -2.09. The molecule has 3 heterocycles. The Morgan fingerprint density at radius 2 is 1.96 bits per heavy atom. The average Bonchev–Trinajstić information content (AvgIpc) is 2.71. The van der Waals surface area contributed by atoms with Gasteiger partial charge in [-0.1, -0.05) is 54.8 Å². The number of dihydropyridines is 1. The smallest absolute Gasteiger partial charge is 0.0717 e. The van der Waals surface area contributed by atoms with Crippen LogP contribution in [0, 0.1) is 0 Å². The number of pyridine rings is 2. The minimum Gasteiger partial charge on any atom is -0.387 e. The molecule has 0 saturated heterocycles. The van der Waals surface area contributed by atoms with Crippen LogP contribution in [0.1, 0.15) is 18.3 Å². The van der Waals surface area contributed by atoms with Gasteiger partial charge in [0.15, 0.2) is 0 Å². The Balaban J connectivity index is 1.70. The molecular weight excluding hydrogens is 338 g/mol. The van der Waals surface area contributed by atoms with Crippen LogP contribution in [-0.2, 0) is 0 Å². The van der Waals surface area contributed by atoms with E-state index in [1.54, 1.807) is 11.8 Å². The highest BCUT2D eigenvalue weighted by Crippen LogP contribution is 2.28. The molecule has 2 aromatic rings. The van der Waals surface area contributed by atoms with E-state index in [-0.39, 0.29) is 0 Å². The summed E-state index contributed by atoms with van der Waals surface area (Å²) in [5.41, 5.74) is 3.99. The summed E-state index contributed by atoms with van der Waals surface area (Å²) in [6, 6.07) is 8.23. The molecule has 0 aromatic carbocycles. The van der Waals surface area contributed by atoms with Gasteiger partial charge in [0.05, 0.1) is 11.4 Å². The van der Waals surface area contributed by atoms with Crippen molar-refractivity contribution in [3.63, 3.8) is 0 Å². The Bertz CT molecular complexity index is 873. The van der Waals surface area contributed by atoms with E-state index in [0.29, 0.717) is 0 Å². The summed E-state index contributed by atoms with van der Waals surface area (Å²) in [5.74, 6) is 0. The molecule has 2 aromatic heterocycles. The molecule has 0 saturated carbocycles. The first-order chi connectivity index (χ1) is 12.8. The van der Waals surface area contributed by atoms with Gasteiger partial charge in [0, 0.05) is 40.5 Å². The molecule has 0 unspecified atom stereocenters. The maximum absolute atomic E-state index is 4.56. The monoisotopic (exact) mass is 359 g/mol. The highest BCUT2D eigenvalue weighted by molar-refractivity contribution is 7.99. The van der Waals surface area contributed by atoms with Crippen molar-refractivity contribution < 1.29 is 0 Å². The SMILES string of the molecule is C=C/C(=C\C=C/C)c1ccc(Sc2ccc(C3=CNCC=C3)nc2)cn1. The van der Waals surface area contributed by atoms with Gasteiger partial charge in [-0.25, -0.2) is 0 Å². The standard InChI is InChI=1S/C22H21N3S/c1-3-5-7-17(4-2)21-11-9-19(15-24-21)26-20-10-12-22(25-16-20)18-8-6-13-23-14-18/h3-12,14-16,23H,2,13H2,1H3/b5-3-,17-7+. The van der Waals surface area contributed by atoms with Crippen molar-refractivity contribution in [2.45, 2.75) is 16.7 Å². The van der Waals surface area contributed by atoms with Crippen LogP contribution >= 0.6 is 11.8 Å².